The smallest absolute Gasteiger partial charge is 0.326 e. The summed E-state index contributed by atoms with van der Waals surface area (Å²) < 4.78 is 0. The van der Waals surface area contributed by atoms with Gasteiger partial charge in [0.05, 0.1) is 12.5 Å². The first-order valence-corrected chi connectivity index (χ1v) is 17.3. The van der Waals surface area contributed by atoms with E-state index in [4.69, 9.17) is 11.5 Å². The van der Waals surface area contributed by atoms with Gasteiger partial charge in [-0.2, -0.15) is 0 Å². The zero-order valence-corrected chi connectivity index (χ0v) is 30.4. The summed E-state index contributed by atoms with van der Waals surface area (Å²) in [6, 6.07) is 1.67. The molecule has 0 heterocycles. The van der Waals surface area contributed by atoms with Crippen LogP contribution in [0.1, 0.15) is 79.2 Å². The van der Waals surface area contributed by atoms with Crippen molar-refractivity contribution < 1.29 is 43.8 Å². The van der Waals surface area contributed by atoms with E-state index in [0.29, 0.717) is 19.4 Å². The van der Waals surface area contributed by atoms with Gasteiger partial charge in [-0.15, -0.1) is 0 Å². The maximum Gasteiger partial charge on any atom is 0.326 e. The highest BCUT2D eigenvalue weighted by Crippen LogP contribution is 2.11. The molecule has 1 aromatic carbocycles. The number of hydrogen-bond donors (Lipinski definition) is 9. The summed E-state index contributed by atoms with van der Waals surface area (Å²) >= 11 is 0. The fourth-order valence-corrected chi connectivity index (χ4v) is 5.18. The molecule has 0 aliphatic carbocycles. The molecule has 0 aliphatic rings. The number of carbonyl (C=O) groups excluding carboxylic acids is 5. The van der Waals surface area contributed by atoms with Crippen LogP contribution in [0.2, 0.25) is 0 Å². The Kier molecular flexibility index (Phi) is 19.4. The van der Waals surface area contributed by atoms with Crippen molar-refractivity contribution in [2.24, 2.45) is 29.2 Å². The van der Waals surface area contributed by atoms with E-state index >= 15 is 0 Å². The molecule has 0 aromatic heterocycles. The number of rotatable bonds is 23. The first-order chi connectivity index (χ1) is 23.9. The van der Waals surface area contributed by atoms with Crippen molar-refractivity contribution in [3.05, 3.63) is 35.9 Å². The summed E-state index contributed by atoms with van der Waals surface area (Å²) in [7, 11) is 0. The van der Waals surface area contributed by atoms with Crippen molar-refractivity contribution >= 4 is 41.5 Å². The first-order valence-electron chi connectivity index (χ1n) is 17.3. The third kappa shape index (κ3) is 16.3. The first kappa shape index (κ1) is 44.5. The van der Waals surface area contributed by atoms with Crippen LogP contribution in [0, 0.1) is 17.8 Å². The van der Waals surface area contributed by atoms with Crippen molar-refractivity contribution in [2.45, 2.75) is 116 Å². The third-order valence-electron chi connectivity index (χ3n) is 8.04. The number of carboxylic acid groups (broad SMARTS) is 2. The summed E-state index contributed by atoms with van der Waals surface area (Å²) in [6.07, 6.45) is 0.757. The minimum atomic E-state index is -1.66. The van der Waals surface area contributed by atoms with E-state index in [1.807, 2.05) is 30.3 Å². The van der Waals surface area contributed by atoms with Gasteiger partial charge in [0.15, 0.2) is 0 Å². The molecule has 6 unspecified atom stereocenters. The number of hydrogen-bond acceptors (Lipinski definition) is 9. The van der Waals surface area contributed by atoms with E-state index in [0.717, 1.165) is 5.56 Å². The maximum absolute atomic E-state index is 13.5. The fourth-order valence-electron chi connectivity index (χ4n) is 5.18. The Balaban J connectivity index is 3.15. The summed E-state index contributed by atoms with van der Waals surface area (Å²) in [5.74, 6) is -7.75. The highest BCUT2D eigenvalue weighted by atomic mass is 16.4. The van der Waals surface area contributed by atoms with E-state index in [2.05, 4.69) is 26.6 Å². The molecule has 286 valence electrons. The molecule has 0 aliphatic heterocycles. The number of nitrogens with two attached hydrogens (primary N) is 2. The lowest BCUT2D eigenvalue weighted by Gasteiger charge is -2.29. The summed E-state index contributed by atoms with van der Waals surface area (Å²) in [5, 5.41) is 31.7. The second-order valence-corrected chi connectivity index (χ2v) is 13.8. The Hall–Kier alpha value is -4.57. The predicted octanol–water partition coefficient (Wildman–Crippen LogP) is 0.0268. The minimum Gasteiger partial charge on any atom is -0.481 e. The molecule has 6 atom stereocenters. The lowest BCUT2D eigenvalue weighted by atomic mass is 9.99. The minimum absolute atomic E-state index is 0.0576. The van der Waals surface area contributed by atoms with Gasteiger partial charge in [0.1, 0.15) is 30.2 Å². The average Bonchev–Trinajstić information content (AvgIpc) is 3.04. The monoisotopic (exact) mass is 719 g/mol. The second-order valence-electron chi connectivity index (χ2n) is 13.8. The van der Waals surface area contributed by atoms with Crippen LogP contribution in [0.25, 0.3) is 0 Å². The van der Waals surface area contributed by atoms with Crippen LogP contribution in [0.15, 0.2) is 30.3 Å². The Morgan fingerprint density at radius 1 is 0.647 bits per heavy atom. The molecule has 0 spiro atoms. The van der Waals surface area contributed by atoms with Crippen molar-refractivity contribution in [1.29, 1.82) is 0 Å². The number of carboxylic acids is 2. The van der Waals surface area contributed by atoms with Crippen LogP contribution < -0.4 is 38.1 Å². The molecular formula is C35H57N7O9. The van der Waals surface area contributed by atoms with Gasteiger partial charge in [-0.25, -0.2) is 4.79 Å². The number of unbranched alkanes of at least 4 members (excludes halogenated alkanes) is 1. The van der Waals surface area contributed by atoms with Crippen LogP contribution in [0.3, 0.4) is 0 Å². The molecule has 11 N–H and O–H groups in total. The SMILES string of the molecule is CC(C)CC(NC(=O)C(NC(=O)C(CC(=O)O)NC(=O)C(NC(=O)C(CCCCN)NC(=O)C(N)Cc1ccccc1)C(C)C)C(C)C)C(=O)O. The topological polar surface area (TPSA) is 272 Å². The third-order valence-corrected chi connectivity index (χ3v) is 8.04. The lowest BCUT2D eigenvalue weighted by Crippen LogP contribution is -2.61. The number of carbonyl (C=O) groups is 7. The maximum atomic E-state index is 13.5. The Morgan fingerprint density at radius 3 is 1.59 bits per heavy atom. The van der Waals surface area contributed by atoms with Gasteiger partial charge in [-0.3, -0.25) is 28.8 Å². The number of benzene rings is 1. The van der Waals surface area contributed by atoms with Crippen LogP contribution in [0.4, 0.5) is 0 Å². The molecule has 0 bridgehead atoms. The Morgan fingerprint density at radius 2 is 1.14 bits per heavy atom. The van der Waals surface area contributed by atoms with Crippen LogP contribution in [0.5, 0.6) is 0 Å². The summed E-state index contributed by atoms with van der Waals surface area (Å²) in [6.45, 7) is 10.4. The molecule has 0 fully saturated rings. The van der Waals surface area contributed by atoms with Gasteiger partial charge in [0, 0.05) is 0 Å². The summed E-state index contributed by atoms with van der Waals surface area (Å²) in [4.78, 5) is 90.0. The van der Waals surface area contributed by atoms with Crippen molar-refractivity contribution in [3.63, 3.8) is 0 Å². The van der Waals surface area contributed by atoms with Crippen molar-refractivity contribution in [2.75, 3.05) is 6.54 Å². The zero-order chi connectivity index (χ0) is 38.8. The number of amides is 5. The Bertz CT molecular complexity index is 1320. The molecule has 0 saturated heterocycles. The molecular weight excluding hydrogens is 662 g/mol. The number of aliphatic carboxylic acids is 2. The number of nitrogens with one attached hydrogen (secondary N) is 5. The molecule has 1 aromatic rings. The van der Waals surface area contributed by atoms with Gasteiger partial charge in [0.2, 0.25) is 29.5 Å². The molecule has 0 radical (unpaired) electrons. The van der Waals surface area contributed by atoms with E-state index in [9.17, 15) is 43.8 Å². The van der Waals surface area contributed by atoms with Gasteiger partial charge in [0.25, 0.3) is 0 Å². The molecule has 5 amide bonds. The predicted molar refractivity (Wildman–Crippen MR) is 190 cm³/mol. The largest absolute Gasteiger partial charge is 0.481 e. The van der Waals surface area contributed by atoms with Gasteiger partial charge in [-0.05, 0) is 62.0 Å². The van der Waals surface area contributed by atoms with Gasteiger partial charge in [-0.1, -0.05) is 71.9 Å². The standard InChI is InChI=1S/C35H57N7O9/c1-19(2)16-26(35(50)51)40-34(49)29(21(5)6)42-32(47)25(18-27(43)44)39-33(48)28(20(3)4)41-31(46)24(14-10-11-15-36)38-30(45)23(37)17-22-12-8-7-9-13-22/h7-9,12-13,19-21,23-26,28-29H,10-11,14-18,36-37H2,1-6H3,(H,38,45)(H,39,48)(H,40,49)(H,41,46)(H,42,47)(H,43,44)(H,50,51). The highest BCUT2D eigenvalue weighted by Gasteiger charge is 2.35. The average molecular weight is 720 g/mol. The van der Waals surface area contributed by atoms with Crippen molar-refractivity contribution in [1.82, 2.24) is 26.6 Å². The quantitative estimate of drug-likeness (QED) is 0.0681. The normalized spacial score (nSPS) is 14.8. The van der Waals surface area contributed by atoms with E-state index in [-0.39, 0.29) is 25.2 Å². The molecule has 16 heteroatoms. The van der Waals surface area contributed by atoms with E-state index in [1.165, 1.54) is 0 Å². The fraction of sp³-hybridized carbons (Fsp3) is 0.629. The highest BCUT2D eigenvalue weighted by molar-refractivity contribution is 5.97. The zero-order valence-electron chi connectivity index (χ0n) is 30.4. The molecule has 0 saturated carbocycles. The second kappa shape index (κ2) is 22.3. The van der Waals surface area contributed by atoms with Crippen LogP contribution >= 0.6 is 0 Å². The van der Waals surface area contributed by atoms with E-state index in [1.54, 1.807) is 41.5 Å². The Labute approximate surface area is 299 Å². The summed E-state index contributed by atoms with van der Waals surface area (Å²) in [5.41, 5.74) is 12.6. The molecule has 1 rings (SSSR count). The van der Waals surface area contributed by atoms with E-state index < -0.39 is 96.0 Å². The van der Waals surface area contributed by atoms with Crippen LogP contribution in [-0.4, -0.2) is 94.5 Å². The van der Waals surface area contributed by atoms with Gasteiger partial charge < -0.3 is 48.3 Å². The van der Waals surface area contributed by atoms with Crippen molar-refractivity contribution in [3.8, 4) is 0 Å². The molecule has 51 heavy (non-hydrogen) atoms. The lowest BCUT2D eigenvalue weighted by molar-refractivity contribution is -0.144. The molecule has 16 nitrogen and oxygen atoms in total. The van der Waals surface area contributed by atoms with Gasteiger partial charge >= 0.3 is 11.9 Å². The van der Waals surface area contributed by atoms with Crippen LogP contribution in [-0.2, 0) is 40.0 Å².